The van der Waals surface area contributed by atoms with Gasteiger partial charge in [-0.05, 0) is 42.7 Å². The molecule has 0 aromatic heterocycles. The van der Waals surface area contributed by atoms with E-state index in [4.69, 9.17) is 10.5 Å². The minimum atomic E-state index is -0.573. The van der Waals surface area contributed by atoms with Crippen molar-refractivity contribution < 1.29 is 9.53 Å². The van der Waals surface area contributed by atoms with Crippen molar-refractivity contribution in [2.75, 3.05) is 12.4 Å². The molecule has 0 spiro atoms. The number of carbonyl (C=O) groups is 1. The first-order chi connectivity index (χ1) is 10.0. The summed E-state index contributed by atoms with van der Waals surface area (Å²) < 4.78 is 5.18. The van der Waals surface area contributed by atoms with E-state index >= 15 is 0 Å². The maximum Gasteiger partial charge on any atom is 0.244 e. The van der Waals surface area contributed by atoms with Gasteiger partial charge in [0.1, 0.15) is 11.8 Å². The molecule has 110 valence electrons. The van der Waals surface area contributed by atoms with E-state index in [2.05, 4.69) is 5.32 Å². The van der Waals surface area contributed by atoms with Crippen LogP contribution in [0.4, 0.5) is 5.69 Å². The molecule has 0 fully saturated rings. The third kappa shape index (κ3) is 3.54. The van der Waals surface area contributed by atoms with Gasteiger partial charge < -0.3 is 15.8 Å². The van der Waals surface area contributed by atoms with Crippen molar-refractivity contribution in [3.05, 3.63) is 59.2 Å². The summed E-state index contributed by atoms with van der Waals surface area (Å²) >= 11 is 0. The lowest BCUT2D eigenvalue weighted by atomic mass is 10.0. The van der Waals surface area contributed by atoms with E-state index in [1.54, 1.807) is 7.11 Å². The predicted molar refractivity (Wildman–Crippen MR) is 84.5 cm³/mol. The molecular formula is C17H20N2O2. The second-order valence-corrected chi connectivity index (χ2v) is 5.06. The molecule has 2 aromatic rings. The number of anilines is 1. The Morgan fingerprint density at radius 3 is 2.52 bits per heavy atom. The van der Waals surface area contributed by atoms with Crippen LogP contribution in [0.25, 0.3) is 0 Å². The van der Waals surface area contributed by atoms with Crippen LogP contribution in [0.2, 0.25) is 0 Å². The maximum atomic E-state index is 11.8. The summed E-state index contributed by atoms with van der Waals surface area (Å²) in [5.41, 5.74) is 9.50. The molecule has 0 bridgehead atoms. The van der Waals surface area contributed by atoms with Gasteiger partial charge in [-0.1, -0.05) is 24.3 Å². The highest BCUT2D eigenvalue weighted by molar-refractivity contribution is 5.84. The zero-order valence-corrected chi connectivity index (χ0v) is 12.5. The molecule has 2 rings (SSSR count). The SMILES string of the molecule is COc1cccc(NC(C(N)=O)c2ccc(C)c(C)c2)c1. The molecule has 0 aliphatic rings. The number of hydrogen-bond donors (Lipinski definition) is 2. The minimum Gasteiger partial charge on any atom is -0.497 e. The first-order valence-corrected chi connectivity index (χ1v) is 6.78. The average Bonchev–Trinajstić information content (AvgIpc) is 2.47. The Labute approximate surface area is 124 Å². The first-order valence-electron chi connectivity index (χ1n) is 6.78. The van der Waals surface area contributed by atoms with E-state index in [-0.39, 0.29) is 0 Å². The molecule has 1 unspecified atom stereocenters. The standard InChI is InChI=1S/C17H20N2O2/c1-11-7-8-13(9-12(11)2)16(17(18)20)19-14-5-4-6-15(10-14)21-3/h4-10,16,19H,1-3H3,(H2,18,20). The van der Waals surface area contributed by atoms with Crippen LogP contribution in [0.15, 0.2) is 42.5 Å². The Hall–Kier alpha value is -2.49. The molecule has 0 saturated carbocycles. The normalized spacial score (nSPS) is 11.8. The largest absolute Gasteiger partial charge is 0.497 e. The molecule has 2 aromatic carbocycles. The van der Waals surface area contributed by atoms with Crippen LogP contribution in [0.1, 0.15) is 22.7 Å². The van der Waals surface area contributed by atoms with Crippen LogP contribution in [-0.2, 0) is 4.79 Å². The summed E-state index contributed by atoms with van der Waals surface area (Å²) in [6.45, 7) is 4.05. The zero-order valence-electron chi connectivity index (χ0n) is 12.5. The highest BCUT2D eigenvalue weighted by Crippen LogP contribution is 2.24. The van der Waals surface area contributed by atoms with Gasteiger partial charge >= 0.3 is 0 Å². The Morgan fingerprint density at radius 1 is 1.14 bits per heavy atom. The Morgan fingerprint density at radius 2 is 1.90 bits per heavy atom. The lowest BCUT2D eigenvalue weighted by Gasteiger charge is -2.18. The number of nitrogens with two attached hydrogens (primary N) is 1. The lowest BCUT2D eigenvalue weighted by Crippen LogP contribution is -2.27. The number of rotatable bonds is 5. The number of primary amides is 1. The number of carbonyl (C=O) groups excluding carboxylic acids is 1. The molecule has 1 atom stereocenters. The number of ether oxygens (including phenoxy) is 1. The maximum absolute atomic E-state index is 11.8. The molecule has 0 heterocycles. The van der Waals surface area contributed by atoms with Crippen molar-refractivity contribution in [3.63, 3.8) is 0 Å². The smallest absolute Gasteiger partial charge is 0.244 e. The van der Waals surface area contributed by atoms with E-state index < -0.39 is 11.9 Å². The van der Waals surface area contributed by atoms with E-state index in [0.717, 1.165) is 22.6 Å². The monoisotopic (exact) mass is 284 g/mol. The highest BCUT2D eigenvalue weighted by atomic mass is 16.5. The quantitative estimate of drug-likeness (QED) is 0.887. The summed E-state index contributed by atoms with van der Waals surface area (Å²) in [6, 6.07) is 12.7. The van der Waals surface area contributed by atoms with Gasteiger partial charge in [-0.2, -0.15) is 0 Å². The van der Waals surface area contributed by atoms with Crippen LogP contribution in [-0.4, -0.2) is 13.0 Å². The van der Waals surface area contributed by atoms with Gasteiger partial charge in [-0.25, -0.2) is 0 Å². The number of amides is 1. The van der Waals surface area contributed by atoms with Crippen LogP contribution in [0.5, 0.6) is 5.75 Å². The van der Waals surface area contributed by atoms with Crippen LogP contribution >= 0.6 is 0 Å². The second kappa shape index (κ2) is 6.31. The first kappa shape index (κ1) is 14.9. The summed E-state index contributed by atoms with van der Waals surface area (Å²) in [4.78, 5) is 11.8. The van der Waals surface area contributed by atoms with E-state index in [9.17, 15) is 4.79 Å². The molecular weight excluding hydrogens is 264 g/mol. The van der Waals surface area contributed by atoms with Crippen molar-refractivity contribution in [1.29, 1.82) is 0 Å². The lowest BCUT2D eigenvalue weighted by molar-refractivity contribution is -0.118. The topological polar surface area (TPSA) is 64.3 Å². The second-order valence-electron chi connectivity index (χ2n) is 5.06. The van der Waals surface area contributed by atoms with Crippen molar-refractivity contribution in [3.8, 4) is 5.75 Å². The molecule has 0 aliphatic carbocycles. The molecule has 0 radical (unpaired) electrons. The molecule has 3 N–H and O–H groups in total. The van der Waals surface area contributed by atoms with Gasteiger partial charge in [0.2, 0.25) is 5.91 Å². The minimum absolute atomic E-state index is 0.416. The summed E-state index contributed by atoms with van der Waals surface area (Å²) in [6.07, 6.45) is 0. The van der Waals surface area contributed by atoms with Gasteiger partial charge in [-0.15, -0.1) is 0 Å². The fraction of sp³-hybridized carbons (Fsp3) is 0.235. The van der Waals surface area contributed by atoms with Crippen LogP contribution in [0, 0.1) is 13.8 Å². The van der Waals surface area contributed by atoms with Gasteiger partial charge in [0.15, 0.2) is 0 Å². The molecule has 1 amide bonds. The Balaban J connectivity index is 2.30. The number of benzene rings is 2. The molecule has 0 aliphatic heterocycles. The zero-order chi connectivity index (χ0) is 15.4. The summed E-state index contributed by atoms with van der Waals surface area (Å²) in [5.74, 6) is 0.310. The van der Waals surface area contributed by atoms with Crippen molar-refractivity contribution in [2.24, 2.45) is 5.73 Å². The third-order valence-corrected chi connectivity index (χ3v) is 3.53. The van der Waals surface area contributed by atoms with Crippen LogP contribution < -0.4 is 15.8 Å². The van der Waals surface area contributed by atoms with Crippen molar-refractivity contribution >= 4 is 11.6 Å². The molecule has 4 heteroatoms. The summed E-state index contributed by atoms with van der Waals surface area (Å²) in [5, 5.41) is 3.16. The third-order valence-electron chi connectivity index (χ3n) is 3.53. The van der Waals surface area contributed by atoms with E-state index in [1.807, 2.05) is 56.3 Å². The fourth-order valence-electron chi connectivity index (χ4n) is 2.14. The molecule has 0 saturated heterocycles. The van der Waals surface area contributed by atoms with Crippen molar-refractivity contribution in [2.45, 2.75) is 19.9 Å². The average molecular weight is 284 g/mol. The number of hydrogen-bond acceptors (Lipinski definition) is 3. The number of aryl methyl sites for hydroxylation is 2. The Bertz CT molecular complexity index is 653. The van der Waals surface area contributed by atoms with Gasteiger partial charge in [-0.3, -0.25) is 4.79 Å². The number of nitrogens with one attached hydrogen (secondary N) is 1. The van der Waals surface area contributed by atoms with Crippen molar-refractivity contribution in [1.82, 2.24) is 0 Å². The van der Waals surface area contributed by atoms with Crippen LogP contribution in [0.3, 0.4) is 0 Å². The molecule has 21 heavy (non-hydrogen) atoms. The van der Waals surface area contributed by atoms with Gasteiger partial charge in [0, 0.05) is 11.8 Å². The highest BCUT2D eigenvalue weighted by Gasteiger charge is 2.18. The number of methoxy groups -OCH3 is 1. The van der Waals surface area contributed by atoms with Gasteiger partial charge in [0.25, 0.3) is 0 Å². The fourth-order valence-corrected chi connectivity index (χ4v) is 2.14. The Kier molecular flexibility index (Phi) is 4.48. The molecule has 4 nitrogen and oxygen atoms in total. The van der Waals surface area contributed by atoms with E-state index in [0.29, 0.717) is 0 Å². The summed E-state index contributed by atoms with van der Waals surface area (Å²) in [7, 11) is 1.61. The van der Waals surface area contributed by atoms with E-state index in [1.165, 1.54) is 5.56 Å². The predicted octanol–water partition coefficient (Wildman–Crippen LogP) is 2.95. The van der Waals surface area contributed by atoms with Gasteiger partial charge in [0.05, 0.1) is 7.11 Å².